The molecule has 0 aliphatic rings. The van der Waals surface area contributed by atoms with Crippen molar-refractivity contribution < 1.29 is 23.9 Å². The highest BCUT2D eigenvalue weighted by molar-refractivity contribution is 7.51. The maximum Gasteiger partial charge on any atom is 0.327 e. The number of rotatable bonds is 11. The molecule has 0 aromatic rings. The highest BCUT2D eigenvalue weighted by Gasteiger charge is 2.11. The highest BCUT2D eigenvalue weighted by atomic mass is 31.2. The molecule has 0 saturated heterocycles. The van der Waals surface area contributed by atoms with E-state index in [-0.39, 0.29) is 18.7 Å². The average Bonchev–Trinajstić information content (AvgIpc) is 2.41. The maximum atomic E-state index is 11.1. The SMILES string of the molecule is C=C.C=C(C)C(=O)NCCCCCCOCCP(=O)(O)O. The summed E-state index contributed by atoms with van der Waals surface area (Å²) in [4.78, 5) is 28.3. The molecule has 0 aliphatic carbocycles. The lowest BCUT2D eigenvalue weighted by Gasteiger charge is -2.06. The van der Waals surface area contributed by atoms with Crippen LogP contribution in [-0.2, 0) is 14.1 Å². The van der Waals surface area contributed by atoms with Crippen LogP contribution in [0.1, 0.15) is 32.6 Å². The molecule has 0 unspecified atom stereocenters. The smallest absolute Gasteiger partial charge is 0.327 e. The zero-order chi connectivity index (χ0) is 16.7. The Hall–Kier alpha value is -0.940. The zero-order valence-corrected chi connectivity index (χ0v) is 13.7. The summed E-state index contributed by atoms with van der Waals surface area (Å²) in [6.45, 7) is 12.5. The molecule has 0 fully saturated rings. The second kappa shape index (κ2) is 14.0. The Balaban J connectivity index is 0. The summed E-state index contributed by atoms with van der Waals surface area (Å²) in [5.74, 6) is -0.110. The van der Waals surface area contributed by atoms with E-state index in [0.29, 0.717) is 18.7 Å². The Morgan fingerprint density at radius 3 is 2.24 bits per heavy atom. The molecule has 0 aromatic carbocycles. The van der Waals surface area contributed by atoms with Gasteiger partial charge in [0.15, 0.2) is 0 Å². The minimum atomic E-state index is -3.93. The molecule has 21 heavy (non-hydrogen) atoms. The van der Waals surface area contributed by atoms with Gasteiger partial charge in [0.1, 0.15) is 0 Å². The highest BCUT2D eigenvalue weighted by Crippen LogP contribution is 2.33. The summed E-state index contributed by atoms with van der Waals surface area (Å²) in [5.41, 5.74) is 0.512. The predicted octanol–water partition coefficient (Wildman–Crippen LogP) is 2.24. The third-order valence-electron chi connectivity index (χ3n) is 2.42. The topological polar surface area (TPSA) is 95.9 Å². The van der Waals surface area contributed by atoms with Crippen LogP contribution in [0, 0.1) is 0 Å². The van der Waals surface area contributed by atoms with Crippen LogP contribution in [0.2, 0.25) is 0 Å². The van der Waals surface area contributed by atoms with Gasteiger partial charge in [-0.15, -0.1) is 13.2 Å². The fraction of sp³-hybridized carbons (Fsp3) is 0.643. The van der Waals surface area contributed by atoms with Gasteiger partial charge >= 0.3 is 7.60 Å². The molecule has 1 amide bonds. The van der Waals surface area contributed by atoms with Gasteiger partial charge in [0.05, 0.1) is 12.8 Å². The van der Waals surface area contributed by atoms with Crippen LogP contribution in [0.5, 0.6) is 0 Å². The normalized spacial score (nSPS) is 10.4. The first-order valence-corrected chi connectivity index (χ1v) is 8.68. The number of carbonyl (C=O) groups excluding carboxylic acids is 1. The van der Waals surface area contributed by atoms with Crippen LogP contribution in [0.3, 0.4) is 0 Å². The molecule has 0 heterocycles. The van der Waals surface area contributed by atoms with E-state index in [1.807, 2.05) is 0 Å². The first kappa shape index (κ1) is 22.3. The van der Waals surface area contributed by atoms with E-state index in [4.69, 9.17) is 14.5 Å². The lowest BCUT2D eigenvalue weighted by molar-refractivity contribution is -0.117. The largest absolute Gasteiger partial charge is 0.381 e. The second-order valence-electron chi connectivity index (χ2n) is 4.45. The van der Waals surface area contributed by atoms with Crippen molar-refractivity contribution in [1.82, 2.24) is 5.32 Å². The van der Waals surface area contributed by atoms with E-state index in [9.17, 15) is 9.36 Å². The molecule has 0 aliphatic heterocycles. The molecule has 0 atom stereocenters. The van der Waals surface area contributed by atoms with E-state index in [2.05, 4.69) is 25.1 Å². The van der Waals surface area contributed by atoms with E-state index >= 15 is 0 Å². The van der Waals surface area contributed by atoms with Gasteiger partial charge in [0.2, 0.25) is 5.91 Å². The minimum absolute atomic E-state index is 0.0962. The summed E-state index contributed by atoms with van der Waals surface area (Å²) >= 11 is 0. The third-order valence-corrected chi connectivity index (χ3v) is 3.18. The summed E-state index contributed by atoms with van der Waals surface area (Å²) in [5, 5.41) is 2.75. The molecule has 0 radical (unpaired) electrons. The Bertz CT molecular complexity index is 340. The monoisotopic (exact) mass is 321 g/mol. The molecular weight excluding hydrogens is 293 g/mol. The molecule has 0 spiro atoms. The average molecular weight is 321 g/mol. The fourth-order valence-electron chi connectivity index (χ4n) is 1.32. The molecule has 0 bridgehead atoms. The first-order chi connectivity index (χ1) is 9.83. The number of ether oxygens (including phenoxy) is 1. The summed E-state index contributed by atoms with van der Waals surface area (Å²) in [6, 6.07) is 0. The molecule has 124 valence electrons. The molecule has 6 nitrogen and oxygen atoms in total. The van der Waals surface area contributed by atoms with Crippen molar-refractivity contribution in [3.8, 4) is 0 Å². The van der Waals surface area contributed by atoms with Crippen molar-refractivity contribution in [1.29, 1.82) is 0 Å². The fourth-order valence-corrected chi connectivity index (χ4v) is 1.69. The van der Waals surface area contributed by atoms with Crippen molar-refractivity contribution in [2.75, 3.05) is 25.9 Å². The van der Waals surface area contributed by atoms with Crippen LogP contribution in [0.4, 0.5) is 0 Å². The van der Waals surface area contributed by atoms with Crippen LogP contribution >= 0.6 is 7.60 Å². The number of hydrogen-bond donors (Lipinski definition) is 3. The number of unbranched alkanes of at least 4 members (excludes halogenated alkanes) is 3. The van der Waals surface area contributed by atoms with Crippen molar-refractivity contribution in [2.45, 2.75) is 32.6 Å². The summed E-state index contributed by atoms with van der Waals surface area (Å²) in [6.07, 6.45) is 3.49. The molecule has 0 saturated carbocycles. The first-order valence-electron chi connectivity index (χ1n) is 6.89. The van der Waals surface area contributed by atoms with Gasteiger partial charge in [0.25, 0.3) is 0 Å². The van der Waals surface area contributed by atoms with Gasteiger partial charge in [-0.3, -0.25) is 9.36 Å². The van der Waals surface area contributed by atoms with Gasteiger partial charge in [0, 0.05) is 18.7 Å². The maximum absolute atomic E-state index is 11.1. The second-order valence-corrected chi connectivity index (χ2v) is 6.23. The van der Waals surface area contributed by atoms with Crippen LogP contribution < -0.4 is 5.32 Å². The van der Waals surface area contributed by atoms with E-state index in [1.165, 1.54) is 0 Å². The van der Waals surface area contributed by atoms with Gasteiger partial charge in [-0.2, -0.15) is 0 Å². The third kappa shape index (κ3) is 19.1. The number of nitrogens with one attached hydrogen (secondary N) is 1. The number of hydrogen-bond acceptors (Lipinski definition) is 3. The zero-order valence-electron chi connectivity index (χ0n) is 12.8. The van der Waals surface area contributed by atoms with Crippen molar-refractivity contribution >= 4 is 13.5 Å². The lowest BCUT2D eigenvalue weighted by Crippen LogP contribution is -2.24. The number of amides is 1. The van der Waals surface area contributed by atoms with E-state index in [0.717, 1.165) is 25.7 Å². The molecule has 0 aromatic heterocycles. The molecule has 3 N–H and O–H groups in total. The van der Waals surface area contributed by atoms with Crippen molar-refractivity contribution in [3.63, 3.8) is 0 Å². The lowest BCUT2D eigenvalue weighted by atomic mass is 10.2. The van der Waals surface area contributed by atoms with Crippen LogP contribution in [0.25, 0.3) is 0 Å². The van der Waals surface area contributed by atoms with Gasteiger partial charge in [-0.05, 0) is 19.8 Å². The van der Waals surface area contributed by atoms with Gasteiger partial charge in [-0.25, -0.2) is 0 Å². The minimum Gasteiger partial charge on any atom is -0.381 e. The molecular formula is C14H28NO5P. The summed E-state index contributed by atoms with van der Waals surface area (Å²) in [7, 11) is -3.93. The van der Waals surface area contributed by atoms with Crippen LogP contribution in [-0.4, -0.2) is 41.6 Å². The quantitative estimate of drug-likeness (QED) is 0.235. The Morgan fingerprint density at radius 2 is 1.71 bits per heavy atom. The molecule has 0 rings (SSSR count). The Kier molecular flexibility index (Phi) is 14.9. The van der Waals surface area contributed by atoms with Crippen LogP contribution in [0.15, 0.2) is 25.3 Å². The predicted molar refractivity (Wildman–Crippen MR) is 85.3 cm³/mol. The Morgan fingerprint density at radius 1 is 1.14 bits per heavy atom. The van der Waals surface area contributed by atoms with Gasteiger partial charge < -0.3 is 19.8 Å². The Labute approximate surface area is 127 Å². The number of carbonyl (C=O) groups is 1. The summed E-state index contributed by atoms with van der Waals surface area (Å²) < 4.78 is 15.6. The van der Waals surface area contributed by atoms with Crippen molar-refractivity contribution in [2.24, 2.45) is 0 Å². The van der Waals surface area contributed by atoms with Gasteiger partial charge in [-0.1, -0.05) is 19.4 Å². The molecule has 7 heteroatoms. The standard InChI is InChI=1S/C12H24NO5P.C2H4/c1-11(2)12(14)13-7-5-3-4-6-8-18-9-10-19(15,16)17;1-2/h1,3-10H2,2H3,(H,13,14)(H2,15,16,17);1-2H2. The van der Waals surface area contributed by atoms with Crippen molar-refractivity contribution in [3.05, 3.63) is 25.3 Å². The van der Waals surface area contributed by atoms with E-state index in [1.54, 1.807) is 6.92 Å². The van der Waals surface area contributed by atoms with E-state index < -0.39 is 7.60 Å².